The van der Waals surface area contributed by atoms with E-state index in [-0.39, 0.29) is 23.3 Å². The molecule has 0 atom stereocenters. The van der Waals surface area contributed by atoms with E-state index in [9.17, 15) is 43.9 Å². The lowest BCUT2D eigenvalue weighted by Gasteiger charge is -2.20. The van der Waals surface area contributed by atoms with Crippen LogP contribution >= 0.6 is 0 Å². The molecule has 3 rings (SSSR count). The van der Waals surface area contributed by atoms with Gasteiger partial charge >= 0.3 is 12.3 Å². The van der Waals surface area contributed by atoms with Gasteiger partial charge in [-0.05, 0) is 42.2 Å². The number of unbranched alkanes of at least 4 members (excludes halogenated alkanes) is 2. The number of alkyl halides is 5. The molecule has 38 heavy (non-hydrogen) atoms. The number of rotatable bonds is 8. The number of ether oxygens (including phenoxy) is 1. The molecule has 1 nitrogen and oxygen atoms in total. The van der Waals surface area contributed by atoms with Gasteiger partial charge in [-0.25, -0.2) is 22.0 Å². The first-order valence-electron chi connectivity index (χ1n) is 11.2. The predicted octanol–water partition coefficient (Wildman–Crippen LogP) is 8.82. The van der Waals surface area contributed by atoms with Crippen molar-refractivity contribution >= 4 is 0 Å². The first-order valence-corrected chi connectivity index (χ1v) is 11.2. The quantitative estimate of drug-likeness (QED) is 0.155. The van der Waals surface area contributed by atoms with Crippen LogP contribution in [0.3, 0.4) is 0 Å². The highest BCUT2D eigenvalue weighted by molar-refractivity contribution is 5.65. The molecule has 3 aromatic carbocycles. The van der Waals surface area contributed by atoms with Crippen LogP contribution in [0.1, 0.15) is 42.9 Å². The van der Waals surface area contributed by atoms with Gasteiger partial charge in [-0.15, -0.1) is 0 Å². The molecule has 3 aromatic rings. The van der Waals surface area contributed by atoms with Gasteiger partial charge in [0.1, 0.15) is 40.4 Å². The highest BCUT2D eigenvalue weighted by Crippen LogP contribution is 2.38. The molecule has 0 aliphatic heterocycles. The number of benzene rings is 3. The molecule has 0 fully saturated rings. The zero-order chi connectivity index (χ0) is 28.3. The lowest BCUT2D eigenvalue weighted by atomic mass is 9.99. The minimum absolute atomic E-state index is 0.0823. The third kappa shape index (κ3) is 7.00. The van der Waals surface area contributed by atoms with Crippen LogP contribution in [-0.4, -0.2) is 6.18 Å². The van der Waals surface area contributed by atoms with E-state index in [4.69, 9.17) is 0 Å². The van der Waals surface area contributed by atoms with Crippen LogP contribution in [0.25, 0.3) is 11.1 Å². The van der Waals surface area contributed by atoms with Gasteiger partial charge in [-0.3, -0.25) is 0 Å². The molecule has 0 spiro atoms. The van der Waals surface area contributed by atoms with Crippen molar-refractivity contribution in [2.45, 2.75) is 44.9 Å². The minimum Gasteiger partial charge on any atom is -0.429 e. The van der Waals surface area contributed by atoms with E-state index in [1.807, 2.05) is 6.92 Å². The monoisotopic (exact) mass is 548 g/mol. The van der Waals surface area contributed by atoms with Gasteiger partial charge in [0.25, 0.3) is 0 Å². The second kappa shape index (κ2) is 11.4. The Morgan fingerprint density at radius 1 is 0.737 bits per heavy atom. The van der Waals surface area contributed by atoms with Crippen molar-refractivity contribution in [2.75, 3.05) is 0 Å². The van der Waals surface area contributed by atoms with E-state index >= 15 is 0 Å². The fourth-order valence-corrected chi connectivity index (χ4v) is 3.59. The van der Waals surface area contributed by atoms with Gasteiger partial charge in [-0.2, -0.15) is 22.0 Å². The Bertz CT molecular complexity index is 1340. The first-order chi connectivity index (χ1) is 17.7. The maximum Gasteiger partial charge on any atom is 0.458 e. The maximum absolute atomic E-state index is 14.7. The Morgan fingerprint density at radius 3 is 1.87 bits per heavy atom. The van der Waals surface area contributed by atoms with E-state index in [1.165, 1.54) is 18.1 Å². The molecule has 0 radical (unpaired) electrons. The Hall–Kier alpha value is -3.68. The molecule has 0 aliphatic rings. The SMILES string of the molecule is CCCCCc1ccc(-c2cc(F)c(C(F)(F)Oc3cc(F)c(C#CC(F)(F)F)c(F)c3)c(F)c2)c(F)c1. The van der Waals surface area contributed by atoms with E-state index in [1.54, 1.807) is 6.07 Å². The minimum atomic E-state index is -5.08. The van der Waals surface area contributed by atoms with Gasteiger partial charge in [0.15, 0.2) is 0 Å². The Kier molecular flexibility index (Phi) is 8.65. The number of hydrogen-bond donors (Lipinski definition) is 0. The average Bonchev–Trinajstić information content (AvgIpc) is 2.77. The highest BCUT2D eigenvalue weighted by atomic mass is 19.4. The summed E-state index contributed by atoms with van der Waals surface area (Å²) in [6.07, 6.45) is -6.65. The van der Waals surface area contributed by atoms with Crippen molar-refractivity contribution in [1.82, 2.24) is 0 Å². The highest BCUT2D eigenvalue weighted by Gasteiger charge is 2.41. The predicted molar refractivity (Wildman–Crippen MR) is 119 cm³/mol. The van der Waals surface area contributed by atoms with Crippen LogP contribution in [0.5, 0.6) is 5.75 Å². The van der Waals surface area contributed by atoms with Crippen LogP contribution in [0.4, 0.5) is 43.9 Å². The summed E-state index contributed by atoms with van der Waals surface area (Å²) >= 11 is 0. The molecule has 0 N–H and O–H groups in total. The fourth-order valence-electron chi connectivity index (χ4n) is 3.59. The Morgan fingerprint density at radius 2 is 1.34 bits per heavy atom. The summed E-state index contributed by atoms with van der Waals surface area (Å²) in [5.74, 6) is -7.55. The van der Waals surface area contributed by atoms with Crippen molar-refractivity contribution < 1.29 is 48.6 Å². The van der Waals surface area contributed by atoms with E-state index in [0.717, 1.165) is 19.3 Å². The molecule has 0 aliphatic carbocycles. The van der Waals surface area contributed by atoms with Gasteiger partial charge in [0, 0.05) is 23.6 Å². The number of halogens is 10. The van der Waals surface area contributed by atoms with Gasteiger partial charge < -0.3 is 4.74 Å². The van der Waals surface area contributed by atoms with Gasteiger partial charge in [0.05, 0.1) is 5.56 Å². The van der Waals surface area contributed by atoms with Crippen molar-refractivity contribution in [2.24, 2.45) is 0 Å². The summed E-state index contributed by atoms with van der Waals surface area (Å²) in [4.78, 5) is 0. The maximum atomic E-state index is 14.7. The summed E-state index contributed by atoms with van der Waals surface area (Å²) in [6, 6.07) is 5.04. The van der Waals surface area contributed by atoms with Crippen molar-refractivity contribution in [3.05, 3.63) is 88.2 Å². The molecule has 11 heteroatoms. The lowest BCUT2D eigenvalue weighted by molar-refractivity contribution is -0.189. The summed E-state index contributed by atoms with van der Waals surface area (Å²) in [5.41, 5.74) is -3.30. The average molecular weight is 548 g/mol. The molecule has 0 aromatic heterocycles. The van der Waals surface area contributed by atoms with E-state index in [2.05, 4.69) is 4.74 Å². The Labute approximate surface area is 211 Å². The normalized spacial score (nSPS) is 11.8. The molecule has 202 valence electrons. The van der Waals surface area contributed by atoms with Crippen LogP contribution in [0.15, 0.2) is 42.5 Å². The third-order valence-electron chi connectivity index (χ3n) is 5.34. The summed E-state index contributed by atoms with van der Waals surface area (Å²) in [7, 11) is 0. The summed E-state index contributed by atoms with van der Waals surface area (Å²) < 4.78 is 142. The lowest BCUT2D eigenvalue weighted by Crippen LogP contribution is -2.25. The smallest absolute Gasteiger partial charge is 0.429 e. The van der Waals surface area contributed by atoms with Gasteiger partial charge in [0.2, 0.25) is 0 Å². The van der Waals surface area contributed by atoms with Crippen LogP contribution < -0.4 is 4.74 Å². The summed E-state index contributed by atoms with van der Waals surface area (Å²) in [5, 5.41) is 0. The topological polar surface area (TPSA) is 9.23 Å². The second-order valence-electron chi connectivity index (χ2n) is 8.21. The third-order valence-corrected chi connectivity index (χ3v) is 5.34. The Balaban J connectivity index is 1.90. The van der Waals surface area contributed by atoms with Crippen molar-refractivity contribution in [3.8, 4) is 28.7 Å². The molecule has 0 unspecified atom stereocenters. The zero-order valence-corrected chi connectivity index (χ0v) is 19.6. The van der Waals surface area contributed by atoms with Gasteiger partial charge in [-0.1, -0.05) is 37.8 Å². The molecular formula is C27H18F10O. The van der Waals surface area contributed by atoms with E-state index in [0.29, 0.717) is 30.0 Å². The fraction of sp³-hybridized carbons (Fsp3) is 0.259. The van der Waals surface area contributed by atoms with Crippen LogP contribution in [0.2, 0.25) is 0 Å². The molecule has 0 heterocycles. The molecule has 0 saturated carbocycles. The molecule has 0 amide bonds. The summed E-state index contributed by atoms with van der Waals surface area (Å²) in [6.45, 7) is 2.00. The second-order valence-corrected chi connectivity index (χ2v) is 8.21. The zero-order valence-electron chi connectivity index (χ0n) is 19.6. The van der Waals surface area contributed by atoms with Crippen LogP contribution in [-0.2, 0) is 12.5 Å². The van der Waals surface area contributed by atoms with Crippen molar-refractivity contribution in [1.29, 1.82) is 0 Å². The van der Waals surface area contributed by atoms with E-state index < -0.39 is 58.2 Å². The largest absolute Gasteiger partial charge is 0.458 e. The standard InChI is InChI=1S/C27H18F10O/c1-2-3-4-5-15-6-7-18(20(28)10-15)16-11-23(31)25(24(32)12-16)27(36,37)38-17-13-21(29)19(22(30)14-17)8-9-26(33,34)35/h6-7,10-14H,2-5H2,1H3. The molecular weight excluding hydrogens is 530 g/mol. The number of aryl methyl sites for hydroxylation is 1. The first kappa shape index (κ1) is 28.9. The molecule has 0 saturated heterocycles. The van der Waals surface area contributed by atoms with Crippen molar-refractivity contribution in [3.63, 3.8) is 0 Å². The molecule has 0 bridgehead atoms. The van der Waals surface area contributed by atoms with Crippen LogP contribution in [0, 0.1) is 40.9 Å². The number of hydrogen-bond acceptors (Lipinski definition) is 1.